The van der Waals surface area contributed by atoms with Gasteiger partial charge in [0.2, 0.25) is 0 Å². The first-order valence-electron chi connectivity index (χ1n) is 5.55. The van der Waals surface area contributed by atoms with E-state index < -0.39 is 23.7 Å². The van der Waals surface area contributed by atoms with Crippen molar-refractivity contribution in [1.29, 1.82) is 0 Å². The third-order valence-corrected chi connectivity index (χ3v) is 2.47. The van der Waals surface area contributed by atoms with Gasteiger partial charge in [-0.2, -0.15) is 13.2 Å². The van der Waals surface area contributed by atoms with Crippen molar-refractivity contribution < 1.29 is 23.1 Å². The number of nitrogens with zero attached hydrogens (tertiary/aromatic N) is 4. The van der Waals surface area contributed by atoms with Gasteiger partial charge in [0, 0.05) is 6.42 Å². The molecule has 0 aromatic carbocycles. The Balaban J connectivity index is 2.60. The Bertz CT molecular complexity index is 651. The van der Waals surface area contributed by atoms with Crippen LogP contribution in [0.4, 0.5) is 13.2 Å². The number of halogens is 3. The molecule has 0 aliphatic carbocycles. The van der Waals surface area contributed by atoms with E-state index in [-0.39, 0.29) is 5.56 Å². The normalized spacial score (nSPS) is 11.6. The molecule has 2 heterocycles. The van der Waals surface area contributed by atoms with E-state index in [2.05, 4.69) is 15.1 Å². The molecule has 0 unspecified atom stereocenters. The Morgan fingerprint density at radius 2 is 2.10 bits per heavy atom. The molecule has 0 radical (unpaired) electrons. The van der Waals surface area contributed by atoms with E-state index in [0.29, 0.717) is 18.3 Å². The second-order valence-electron chi connectivity index (χ2n) is 3.83. The van der Waals surface area contributed by atoms with Gasteiger partial charge in [-0.1, -0.05) is 6.92 Å². The van der Waals surface area contributed by atoms with Crippen molar-refractivity contribution in [3.63, 3.8) is 0 Å². The third kappa shape index (κ3) is 2.60. The molecule has 0 aliphatic rings. The summed E-state index contributed by atoms with van der Waals surface area (Å²) in [4.78, 5) is 18.2. The lowest BCUT2D eigenvalue weighted by atomic mass is 10.2. The zero-order chi connectivity index (χ0) is 14.9. The van der Waals surface area contributed by atoms with Gasteiger partial charge in [-0.05, 0) is 12.1 Å². The zero-order valence-electron chi connectivity index (χ0n) is 10.2. The van der Waals surface area contributed by atoms with Gasteiger partial charge in [-0.25, -0.2) is 19.4 Å². The molecule has 1 N–H and O–H groups in total. The smallest absolute Gasteiger partial charge is 0.433 e. The summed E-state index contributed by atoms with van der Waals surface area (Å²) in [6, 6.07) is 1.46. The first-order chi connectivity index (χ1) is 9.32. The highest BCUT2D eigenvalue weighted by molar-refractivity contribution is 5.91. The van der Waals surface area contributed by atoms with Gasteiger partial charge in [-0.15, -0.1) is 5.10 Å². The molecule has 0 atom stereocenters. The number of hydrogen-bond acceptors (Lipinski definition) is 4. The minimum Gasteiger partial charge on any atom is -0.478 e. The van der Waals surface area contributed by atoms with Crippen LogP contribution < -0.4 is 0 Å². The molecule has 0 aliphatic heterocycles. The molecular formula is C11H9F3N4O2. The van der Waals surface area contributed by atoms with Crippen molar-refractivity contribution in [1.82, 2.24) is 19.7 Å². The van der Waals surface area contributed by atoms with Crippen LogP contribution in [0.5, 0.6) is 0 Å². The van der Waals surface area contributed by atoms with E-state index in [1.54, 1.807) is 6.92 Å². The summed E-state index contributed by atoms with van der Waals surface area (Å²) in [5.74, 6) is -1.44. The average Bonchev–Trinajstić information content (AvgIpc) is 2.85. The number of aromatic nitrogens is 4. The van der Waals surface area contributed by atoms with Crippen molar-refractivity contribution in [2.24, 2.45) is 0 Å². The van der Waals surface area contributed by atoms with Gasteiger partial charge < -0.3 is 5.11 Å². The van der Waals surface area contributed by atoms with E-state index in [4.69, 9.17) is 5.11 Å². The number of rotatable bonds is 3. The maximum atomic E-state index is 12.6. The Morgan fingerprint density at radius 1 is 1.40 bits per heavy atom. The number of aryl methyl sites for hydroxylation is 1. The summed E-state index contributed by atoms with van der Waals surface area (Å²) in [7, 11) is 0. The minimum absolute atomic E-state index is 0.376. The predicted molar refractivity (Wildman–Crippen MR) is 60.5 cm³/mol. The average molecular weight is 286 g/mol. The molecule has 0 saturated carbocycles. The number of alkyl halides is 3. The van der Waals surface area contributed by atoms with Gasteiger partial charge in [0.1, 0.15) is 17.6 Å². The monoisotopic (exact) mass is 286 g/mol. The van der Waals surface area contributed by atoms with E-state index >= 15 is 0 Å². The molecule has 2 aromatic rings. The first-order valence-corrected chi connectivity index (χ1v) is 5.55. The van der Waals surface area contributed by atoms with Crippen molar-refractivity contribution in [2.75, 3.05) is 0 Å². The van der Waals surface area contributed by atoms with Gasteiger partial charge in [0.25, 0.3) is 0 Å². The lowest BCUT2D eigenvalue weighted by Gasteiger charge is -2.09. The SMILES string of the molecule is CCc1ncn(-c2nc(C(F)(F)F)ccc2C(=O)O)n1. The summed E-state index contributed by atoms with van der Waals surface area (Å²) in [5, 5.41) is 12.9. The number of carbonyl (C=O) groups is 1. The standard InChI is InChI=1S/C11H9F3N4O2/c1-2-8-15-5-18(17-8)9-6(10(19)20)3-4-7(16-9)11(12,13)14/h3-5H,2H2,1H3,(H,19,20). The number of aromatic carboxylic acids is 1. The van der Waals surface area contributed by atoms with E-state index in [9.17, 15) is 18.0 Å². The molecule has 0 spiro atoms. The van der Waals surface area contributed by atoms with Crippen molar-refractivity contribution in [2.45, 2.75) is 19.5 Å². The molecule has 2 aromatic heterocycles. The van der Waals surface area contributed by atoms with Crippen LogP contribution in [0.2, 0.25) is 0 Å². The maximum Gasteiger partial charge on any atom is 0.433 e. The van der Waals surface area contributed by atoms with Crippen LogP contribution in [0.3, 0.4) is 0 Å². The van der Waals surface area contributed by atoms with E-state index in [0.717, 1.165) is 17.1 Å². The fraction of sp³-hybridized carbons (Fsp3) is 0.273. The summed E-state index contributed by atoms with van der Waals surface area (Å²) in [5.41, 5.74) is -1.57. The number of carboxylic acid groups (broad SMARTS) is 1. The van der Waals surface area contributed by atoms with Crippen LogP contribution in [0.1, 0.15) is 28.8 Å². The van der Waals surface area contributed by atoms with E-state index in [1.807, 2.05) is 0 Å². The predicted octanol–water partition coefficient (Wildman–Crippen LogP) is 1.94. The molecule has 0 fully saturated rings. The Morgan fingerprint density at radius 3 is 2.60 bits per heavy atom. The van der Waals surface area contributed by atoms with Gasteiger partial charge in [-0.3, -0.25) is 0 Å². The second kappa shape index (κ2) is 4.91. The lowest BCUT2D eigenvalue weighted by Crippen LogP contribution is -2.15. The third-order valence-electron chi connectivity index (χ3n) is 2.47. The van der Waals surface area contributed by atoms with Gasteiger partial charge in [0.05, 0.1) is 0 Å². The van der Waals surface area contributed by atoms with Crippen LogP contribution in [-0.4, -0.2) is 30.8 Å². The summed E-state index contributed by atoms with van der Waals surface area (Å²) in [6.45, 7) is 1.76. The molecule has 9 heteroatoms. The fourth-order valence-corrected chi connectivity index (χ4v) is 1.51. The van der Waals surface area contributed by atoms with Gasteiger partial charge in [0.15, 0.2) is 11.6 Å². The summed E-state index contributed by atoms with van der Waals surface area (Å²) in [6.07, 6.45) is -3.07. The molecule has 106 valence electrons. The lowest BCUT2D eigenvalue weighted by molar-refractivity contribution is -0.141. The van der Waals surface area contributed by atoms with Crippen LogP contribution in [0.15, 0.2) is 18.5 Å². The highest BCUT2D eigenvalue weighted by Crippen LogP contribution is 2.29. The van der Waals surface area contributed by atoms with Crippen molar-refractivity contribution in [3.8, 4) is 5.82 Å². The summed E-state index contributed by atoms with van der Waals surface area (Å²) >= 11 is 0. The van der Waals surface area contributed by atoms with Gasteiger partial charge >= 0.3 is 12.1 Å². The molecule has 0 saturated heterocycles. The maximum absolute atomic E-state index is 12.6. The molecular weight excluding hydrogens is 277 g/mol. The first kappa shape index (κ1) is 14.0. The zero-order valence-corrected chi connectivity index (χ0v) is 10.2. The van der Waals surface area contributed by atoms with Crippen molar-refractivity contribution >= 4 is 5.97 Å². The highest BCUT2D eigenvalue weighted by Gasteiger charge is 2.34. The summed E-state index contributed by atoms with van der Waals surface area (Å²) < 4.78 is 38.8. The number of pyridine rings is 1. The Labute approximate surface area is 110 Å². The van der Waals surface area contributed by atoms with Crippen LogP contribution in [-0.2, 0) is 12.6 Å². The number of hydrogen-bond donors (Lipinski definition) is 1. The van der Waals surface area contributed by atoms with Crippen LogP contribution in [0.25, 0.3) is 5.82 Å². The fourth-order valence-electron chi connectivity index (χ4n) is 1.51. The molecule has 6 nitrogen and oxygen atoms in total. The van der Waals surface area contributed by atoms with Crippen LogP contribution >= 0.6 is 0 Å². The van der Waals surface area contributed by atoms with Crippen LogP contribution in [0, 0.1) is 0 Å². The minimum atomic E-state index is -4.67. The Kier molecular flexibility index (Phi) is 3.43. The largest absolute Gasteiger partial charge is 0.478 e. The highest BCUT2D eigenvalue weighted by atomic mass is 19.4. The Hall–Kier alpha value is -2.45. The quantitative estimate of drug-likeness (QED) is 0.932. The topological polar surface area (TPSA) is 80.9 Å². The molecule has 20 heavy (non-hydrogen) atoms. The second-order valence-corrected chi connectivity index (χ2v) is 3.83. The molecule has 0 bridgehead atoms. The molecule has 0 amide bonds. The molecule has 2 rings (SSSR count). The van der Waals surface area contributed by atoms with Crippen molar-refractivity contribution in [3.05, 3.63) is 35.5 Å². The van der Waals surface area contributed by atoms with E-state index in [1.165, 1.54) is 0 Å². The number of carboxylic acids is 1.